The van der Waals surface area contributed by atoms with E-state index >= 15 is 0 Å². The van der Waals surface area contributed by atoms with Crippen molar-refractivity contribution in [3.8, 4) is 5.75 Å². The monoisotopic (exact) mass is 509 g/mol. The molecule has 1 heterocycles. The van der Waals surface area contributed by atoms with E-state index in [2.05, 4.69) is 20.8 Å². The normalized spacial score (nSPS) is 11.7. The lowest BCUT2D eigenvalue weighted by molar-refractivity contribution is -0.113. The highest BCUT2D eigenvalue weighted by molar-refractivity contribution is 7.99. The van der Waals surface area contributed by atoms with Gasteiger partial charge in [0.15, 0.2) is 11.0 Å². The van der Waals surface area contributed by atoms with Gasteiger partial charge in [-0.3, -0.25) is 9.59 Å². The summed E-state index contributed by atoms with van der Waals surface area (Å²) in [6.07, 6.45) is 0. The number of carbonyl (C=O) groups excluding carboxylic acids is 2. The Bertz CT molecular complexity index is 1160. The van der Waals surface area contributed by atoms with Crippen LogP contribution >= 0.6 is 35.0 Å². The number of nitrogens with one attached hydrogen (secondary N) is 2. The molecule has 9 nitrogen and oxygen atoms in total. The average molecular weight is 510 g/mol. The topological polar surface area (TPSA) is 118 Å². The van der Waals surface area contributed by atoms with Crippen LogP contribution in [0.15, 0.2) is 47.6 Å². The molecule has 0 aliphatic carbocycles. The van der Waals surface area contributed by atoms with E-state index in [1.807, 2.05) is 0 Å². The number of aromatic nitrogens is 3. The molecule has 0 bridgehead atoms. The maximum atomic E-state index is 12.5. The first kappa shape index (κ1) is 24.8. The molecule has 33 heavy (non-hydrogen) atoms. The zero-order chi connectivity index (χ0) is 24.0. The lowest BCUT2D eigenvalue weighted by Gasteiger charge is -2.16. The second kappa shape index (κ2) is 11.4. The van der Waals surface area contributed by atoms with Crippen molar-refractivity contribution in [1.82, 2.24) is 20.1 Å². The Kier molecular flexibility index (Phi) is 8.56. The van der Waals surface area contributed by atoms with Gasteiger partial charge in [-0.1, -0.05) is 47.1 Å². The molecule has 2 amide bonds. The van der Waals surface area contributed by atoms with E-state index in [9.17, 15) is 14.7 Å². The van der Waals surface area contributed by atoms with E-state index in [0.717, 1.165) is 11.8 Å². The number of benzene rings is 2. The molecule has 3 rings (SSSR count). The molecule has 3 aromatic rings. The molecule has 3 N–H and O–H groups in total. The zero-order valence-electron chi connectivity index (χ0n) is 17.7. The Morgan fingerprint density at radius 3 is 2.67 bits per heavy atom. The summed E-state index contributed by atoms with van der Waals surface area (Å²) in [6, 6.07) is 10.7. The number of anilines is 1. The summed E-state index contributed by atoms with van der Waals surface area (Å²) in [5.41, 5.74) is 0.736. The summed E-state index contributed by atoms with van der Waals surface area (Å²) in [5.74, 6) is 0.107. The van der Waals surface area contributed by atoms with E-state index in [0.29, 0.717) is 32.5 Å². The van der Waals surface area contributed by atoms with E-state index in [4.69, 9.17) is 27.9 Å². The first-order valence-electron chi connectivity index (χ1n) is 9.65. The van der Waals surface area contributed by atoms with Crippen LogP contribution in [0.2, 0.25) is 10.0 Å². The maximum Gasteiger partial charge on any atom is 0.253 e. The summed E-state index contributed by atoms with van der Waals surface area (Å²) in [6.45, 7) is -0.401. The standard InChI is InChI=1S/C21H21Cl2N5O4S/c1-28-19(16(10-29)25-20(31)13-5-3-4-6-14(13)23)26-27-21(28)33-11-18(30)24-15-9-12(22)7-8-17(15)32-2/h3-9,16,29H,10-11H2,1-2H3,(H,24,30)(H,25,31)/t16-/m0/s1. The number of carbonyl (C=O) groups is 2. The number of aliphatic hydroxyl groups is 1. The second-order valence-corrected chi connectivity index (χ2v) is 8.56. The number of thioether (sulfide) groups is 1. The molecular formula is C21H21Cl2N5O4S. The molecule has 1 atom stereocenters. The Balaban J connectivity index is 1.65. The number of nitrogens with zero attached hydrogens (tertiary/aromatic N) is 3. The summed E-state index contributed by atoms with van der Waals surface area (Å²) in [5, 5.41) is 24.6. The van der Waals surface area contributed by atoms with Crippen LogP contribution in [0.25, 0.3) is 0 Å². The van der Waals surface area contributed by atoms with Crippen molar-refractivity contribution in [3.05, 3.63) is 63.9 Å². The number of hydrogen-bond acceptors (Lipinski definition) is 7. The molecule has 0 spiro atoms. The van der Waals surface area contributed by atoms with Gasteiger partial charge < -0.3 is 25.0 Å². The van der Waals surface area contributed by atoms with Crippen molar-refractivity contribution < 1.29 is 19.4 Å². The summed E-state index contributed by atoms with van der Waals surface area (Å²) in [4.78, 5) is 25.0. The van der Waals surface area contributed by atoms with Crippen LogP contribution in [0.1, 0.15) is 22.2 Å². The van der Waals surface area contributed by atoms with E-state index in [-0.39, 0.29) is 17.2 Å². The molecule has 0 aliphatic rings. The number of rotatable bonds is 9. The van der Waals surface area contributed by atoms with Gasteiger partial charge in [0.2, 0.25) is 5.91 Å². The molecule has 0 fully saturated rings. The number of halogens is 2. The average Bonchev–Trinajstić information content (AvgIpc) is 3.16. The molecule has 0 aliphatic heterocycles. The number of methoxy groups -OCH3 is 1. The SMILES string of the molecule is COc1ccc(Cl)cc1NC(=O)CSc1nnc([C@H](CO)NC(=O)c2ccccc2Cl)n1C. The molecule has 2 aromatic carbocycles. The van der Waals surface area contributed by atoms with Crippen molar-refractivity contribution in [2.45, 2.75) is 11.2 Å². The number of amides is 2. The lowest BCUT2D eigenvalue weighted by atomic mass is 10.2. The van der Waals surface area contributed by atoms with Crippen LogP contribution in [0.4, 0.5) is 5.69 Å². The maximum absolute atomic E-state index is 12.5. The van der Waals surface area contributed by atoms with Crippen LogP contribution in [0, 0.1) is 0 Å². The third-order valence-electron chi connectivity index (χ3n) is 4.55. The van der Waals surface area contributed by atoms with Gasteiger partial charge >= 0.3 is 0 Å². The third kappa shape index (κ3) is 6.17. The highest BCUT2D eigenvalue weighted by atomic mass is 35.5. The van der Waals surface area contributed by atoms with Crippen molar-refractivity contribution in [2.75, 3.05) is 24.8 Å². The van der Waals surface area contributed by atoms with E-state index < -0.39 is 18.6 Å². The van der Waals surface area contributed by atoms with E-state index in [1.165, 1.54) is 7.11 Å². The lowest BCUT2D eigenvalue weighted by Crippen LogP contribution is -2.32. The quantitative estimate of drug-likeness (QED) is 0.378. The Morgan fingerprint density at radius 1 is 1.21 bits per heavy atom. The minimum atomic E-state index is -0.815. The van der Waals surface area contributed by atoms with Gasteiger partial charge in [-0.05, 0) is 30.3 Å². The highest BCUT2D eigenvalue weighted by Crippen LogP contribution is 2.28. The molecule has 12 heteroatoms. The van der Waals surface area contributed by atoms with Gasteiger partial charge in [0.05, 0.1) is 35.7 Å². The minimum absolute atomic E-state index is 0.0391. The van der Waals surface area contributed by atoms with Gasteiger partial charge in [0.1, 0.15) is 11.8 Å². The Hall–Kier alpha value is -2.79. The molecule has 0 saturated heterocycles. The van der Waals surface area contributed by atoms with E-state index in [1.54, 1.807) is 54.1 Å². The van der Waals surface area contributed by atoms with Crippen molar-refractivity contribution in [2.24, 2.45) is 7.05 Å². The number of aliphatic hydroxyl groups excluding tert-OH is 1. The Labute approximate surface area is 204 Å². The zero-order valence-corrected chi connectivity index (χ0v) is 20.0. The fourth-order valence-corrected chi connectivity index (χ4v) is 4.03. The fraction of sp³-hybridized carbons (Fsp3) is 0.238. The Morgan fingerprint density at radius 2 is 1.97 bits per heavy atom. The largest absolute Gasteiger partial charge is 0.495 e. The van der Waals surface area contributed by atoms with Crippen molar-refractivity contribution >= 4 is 52.5 Å². The van der Waals surface area contributed by atoms with Gasteiger partial charge in [-0.15, -0.1) is 10.2 Å². The summed E-state index contributed by atoms with van der Waals surface area (Å²) < 4.78 is 6.83. The molecule has 0 unspecified atom stereocenters. The highest BCUT2D eigenvalue weighted by Gasteiger charge is 2.23. The van der Waals surface area contributed by atoms with Crippen LogP contribution < -0.4 is 15.4 Å². The van der Waals surface area contributed by atoms with Crippen molar-refractivity contribution in [3.63, 3.8) is 0 Å². The first-order valence-corrected chi connectivity index (χ1v) is 11.4. The second-order valence-electron chi connectivity index (χ2n) is 6.77. The van der Waals surface area contributed by atoms with Gasteiger partial charge in [-0.2, -0.15) is 0 Å². The fourth-order valence-electron chi connectivity index (χ4n) is 2.92. The number of hydrogen-bond donors (Lipinski definition) is 3. The molecule has 174 valence electrons. The van der Waals surface area contributed by atoms with Crippen LogP contribution in [0.5, 0.6) is 5.75 Å². The smallest absolute Gasteiger partial charge is 0.253 e. The van der Waals surface area contributed by atoms with Gasteiger partial charge in [0.25, 0.3) is 5.91 Å². The predicted molar refractivity (Wildman–Crippen MR) is 127 cm³/mol. The van der Waals surface area contributed by atoms with Gasteiger partial charge in [0, 0.05) is 12.1 Å². The summed E-state index contributed by atoms with van der Waals surface area (Å²) in [7, 11) is 3.18. The summed E-state index contributed by atoms with van der Waals surface area (Å²) >= 11 is 13.2. The van der Waals surface area contributed by atoms with Crippen LogP contribution in [-0.4, -0.2) is 51.2 Å². The number of ether oxygens (including phenoxy) is 1. The molecule has 0 saturated carbocycles. The molecule has 1 aromatic heterocycles. The molecule has 0 radical (unpaired) electrons. The van der Waals surface area contributed by atoms with Gasteiger partial charge in [-0.25, -0.2) is 0 Å². The predicted octanol–water partition coefficient (Wildman–Crippen LogP) is 3.32. The first-order chi connectivity index (χ1) is 15.8. The molecular weight excluding hydrogens is 489 g/mol. The third-order valence-corrected chi connectivity index (χ3v) is 6.14. The van der Waals surface area contributed by atoms with Crippen LogP contribution in [-0.2, 0) is 11.8 Å². The van der Waals surface area contributed by atoms with Crippen molar-refractivity contribution in [1.29, 1.82) is 0 Å². The minimum Gasteiger partial charge on any atom is -0.495 e. The van der Waals surface area contributed by atoms with Crippen LogP contribution in [0.3, 0.4) is 0 Å².